The second-order valence-corrected chi connectivity index (χ2v) is 7.47. The van der Waals surface area contributed by atoms with Gasteiger partial charge >= 0.3 is 6.18 Å². The molecule has 0 saturated heterocycles. The van der Waals surface area contributed by atoms with Crippen LogP contribution in [0.25, 0.3) is 5.57 Å². The molecule has 28 heavy (non-hydrogen) atoms. The van der Waals surface area contributed by atoms with Gasteiger partial charge in [0, 0.05) is 18.8 Å². The Morgan fingerprint density at radius 2 is 1.64 bits per heavy atom. The van der Waals surface area contributed by atoms with Gasteiger partial charge in [0.05, 0.1) is 17.6 Å². The molecule has 2 aromatic carbocycles. The van der Waals surface area contributed by atoms with Crippen LogP contribution >= 0.6 is 0 Å². The summed E-state index contributed by atoms with van der Waals surface area (Å²) in [7, 11) is -1.48. The van der Waals surface area contributed by atoms with Crippen molar-refractivity contribution >= 4 is 27.2 Å². The second kappa shape index (κ2) is 8.55. The summed E-state index contributed by atoms with van der Waals surface area (Å²) in [5.74, 6) is -0.999. The number of allylic oxidation sites excluding steroid dienone is 1. The normalized spacial score (nSPS) is 12.9. The van der Waals surface area contributed by atoms with Gasteiger partial charge in [-0.25, -0.2) is 8.42 Å². The third kappa shape index (κ3) is 5.18. The standard InChI is InChI=1S/C18H17F3N2O4S/c1-23(27-2)28(25,26)15-10-8-14(9-11-15)22-17(24)12-16(18(19,20)21)13-6-4-3-5-7-13/h3-12H,1-2H3,(H,22,24)/b16-12-. The van der Waals surface area contributed by atoms with Crippen molar-refractivity contribution < 1.29 is 31.2 Å². The Bertz CT molecular complexity index is 957. The predicted octanol–water partition coefficient (Wildman–Crippen LogP) is 3.45. The van der Waals surface area contributed by atoms with Crippen molar-refractivity contribution in [3.05, 3.63) is 66.2 Å². The van der Waals surface area contributed by atoms with Gasteiger partial charge in [0.25, 0.3) is 10.0 Å². The number of amides is 1. The molecule has 0 unspecified atom stereocenters. The Balaban J connectivity index is 2.23. The SMILES string of the molecule is CON(C)S(=O)(=O)c1ccc(NC(=O)/C=C(/c2ccccc2)C(F)(F)F)cc1. The number of alkyl halides is 3. The van der Waals surface area contributed by atoms with Gasteiger partial charge in [-0.2, -0.15) is 13.2 Å². The number of hydrogen-bond acceptors (Lipinski definition) is 4. The van der Waals surface area contributed by atoms with E-state index in [4.69, 9.17) is 0 Å². The lowest BCUT2D eigenvalue weighted by atomic mass is 10.1. The highest BCUT2D eigenvalue weighted by molar-refractivity contribution is 7.89. The van der Waals surface area contributed by atoms with Crippen molar-refractivity contribution in [2.75, 3.05) is 19.5 Å². The van der Waals surface area contributed by atoms with E-state index in [-0.39, 0.29) is 16.1 Å². The molecule has 1 N–H and O–H groups in total. The van der Waals surface area contributed by atoms with E-state index in [9.17, 15) is 26.4 Å². The molecule has 0 fully saturated rings. The van der Waals surface area contributed by atoms with Crippen molar-refractivity contribution in [2.24, 2.45) is 0 Å². The summed E-state index contributed by atoms with van der Waals surface area (Å²) >= 11 is 0. The van der Waals surface area contributed by atoms with E-state index in [2.05, 4.69) is 10.2 Å². The Labute approximate surface area is 160 Å². The molecule has 0 atom stereocenters. The largest absolute Gasteiger partial charge is 0.417 e. The number of hydrogen-bond donors (Lipinski definition) is 1. The fourth-order valence-corrected chi connectivity index (χ4v) is 3.19. The first-order valence-electron chi connectivity index (χ1n) is 7.84. The molecule has 2 aromatic rings. The average Bonchev–Trinajstić information content (AvgIpc) is 2.65. The lowest BCUT2D eigenvalue weighted by Gasteiger charge is -2.14. The Hall–Kier alpha value is -2.69. The van der Waals surface area contributed by atoms with E-state index in [1.54, 1.807) is 6.07 Å². The van der Waals surface area contributed by atoms with Gasteiger partial charge in [-0.3, -0.25) is 9.63 Å². The van der Waals surface area contributed by atoms with Crippen LogP contribution in [-0.4, -0.2) is 39.1 Å². The molecule has 0 aliphatic heterocycles. The molecule has 0 bridgehead atoms. The van der Waals surface area contributed by atoms with E-state index in [1.807, 2.05) is 0 Å². The van der Waals surface area contributed by atoms with E-state index < -0.39 is 27.7 Å². The number of nitrogens with zero attached hydrogens (tertiary/aromatic N) is 1. The van der Waals surface area contributed by atoms with Gasteiger partial charge in [0.1, 0.15) is 0 Å². The summed E-state index contributed by atoms with van der Waals surface area (Å²) in [6.07, 6.45) is -4.26. The highest BCUT2D eigenvalue weighted by atomic mass is 32.2. The fourth-order valence-electron chi connectivity index (χ4n) is 2.21. The quantitative estimate of drug-likeness (QED) is 0.580. The molecule has 0 aliphatic carbocycles. The van der Waals surface area contributed by atoms with Crippen molar-refractivity contribution in [3.63, 3.8) is 0 Å². The molecule has 1 amide bonds. The van der Waals surface area contributed by atoms with Gasteiger partial charge in [0.2, 0.25) is 5.91 Å². The van der Waals surface area contributed by atoms with Crippen LogP contribution in [0.3, 0.4) is 0 Å². The van der Waals surface area contributed by atoms with Crippen LogP contribution in [0.2, 0.25) is 0 Å². The van der Waals surface area contributed by atoms with E-state index in [0.717, 1.165) is 0 Å². The van der Waals surface area contributed by atoms with Gasteiger partial charge < -0.3 is 5.32 Å². The van der Waals surface area contributed by atoms with E-state index in [1.165, 1.54) is 62.7 Å². The van der Waals surface area contributed by atoms with Crippen molar-refractivity contribution in [3.8, 4) is 0 Å². The average molecular weight is 414 g/mol. The number of halogens is 3. The molecule has 2 rings (SSSR count). The fraction of sp³-hybridized carbons (Fsp3) is 0.167. The minimum atomic E-state index is -4.72. The molecule has 150 valence electrons. The predicted molar refractivity (Wildman–Crippen MR) is 97.5 cm³/mol. The summed E-state index contributed by atoms with van der Waals surface area (Å²) in [4.78, 5) is 16.6. The van der Waals surface area contributed by atoms with Crippen molar-refractivity contribution in [1.82, 2.24) is 4.47 Å². The Morgan fingerprint density at radius 1 is 1.07 bits per heavy atom. The minimum Gasteiger partial charge on any atom is -0.322 e. The molecule has 0 spiro atoms. The molecule has 0 aliphatic rings. The zero-order valence-electron chi connectivity index (χ0n) is 14.9. The zero-order chi connectivity index (χ0) is 20.9. The first-order chi connectivity index (χ1) is 13.1. The maximum absolute atomic E-state index is 13.3. The van der Waals surface area contributed by atoms with E-state index in [0.29, 0.717) is 10.5 Å². The molecule has 6 nitrogen and oxygen atoms in total. The number of sulfonamides is 1. The number of rotatable bonds is 6. The van der Waals surface area contributed by atoms with E-state index >= 15 is 0 Å². The smallest absolute Gasteiger partial charge is 0.322 e. The zero-order valence-corrected chi connectivity index (χ0v) is 15.7. The summed E-state index contributed by atoms with van der Waals surface area (Å²) < 4.78 is 64.6. The third-order valence-corrected chi connectivity index (χ3v) is 5.37. The van der Waals surface area contributed by atoms with Crippen LogP contribution in [0, 0.1) is 0 Å². The summed E-state index contributed by atoms with van der Waals surface area (Å²) in [5.41, 5.74) is -1.10. The van der Waals surface area contributed by atoms with Gasteiger partial charge in [0.15, 0.2) is 0 Å². The molecule has 0 radical (unpaired) electrons. The highest BCUT2D eigenvalue weighted by Crippen LogP contribution is 2.33. The molecule has 0 heterocycles. The van der Waals surface area contributed by atoms with Crippen LogP contribution in [0.1, 0.15) is 5.56 Å². The number of nitrogens with one attached hydrogen (secondary N) is 1. The van der Waals surface area contributed by atoms with Crippen molar-refractivity contribution in [2.45, 2.75) is 11.1 Å². The third-order valence-electron chi connectivity index (χ3n) is 3.68. The number of carbonyl (C=O) groups excluding carboxylic acids is 1. The van der Waals surface area contributed by atoms with Crippen LogP contribution in [0.5, 0.6) is 0 Å². The van der Waals surface area contributed by atoms with Crippen LogP contribution in [0.4, 0.5) is 18.9 Å². The lowest BCUT2D eigenvalue weighted by molar-refractivity contribution is -0.112. The Morgan fingerprint density at radius 3 is 2.14 bits per heavy atom. The first-order valence-corrected chi connectivity index (χ1v) is 9.28. The molecule has 10 heteroatoms. The van der Waals surface area contributed by atoms with Gasteiger partial charge in [-0.05, 0) is 29.8 Å². The first kappa shape index (κ1) is 21.6. The maximum Gasteiger partial charge on any atom is 0.417 e. The topological polar surface area (TPSA) is 75.7 Å². The highest BCUT2D eigenvalue weighted by Gasteiger charge is 2.35. The van der Waals surface area contributed by atoms with Crippen LogP contribution in [-0.2, 0) is 19.7 Å². The van der Waals surface area contributed by atoms with Crippen LogP contribution < -0.4 is 5.32 Å². The second-order valence-electron chi connectivity index (χ2n) is 5.53. The van der Waals surface area contributed by atoms with Gasteiger partial charge in [-0.1, -0.05) is 34.8 Å². The molecular formula is C18H17F3N2O4S. The summed E-state index contributed by atoms with van der Waals surface area (Å²) in [6.45, 7) is 0. The van der Waals surface area contributed by atoms with Crippen LogP contribution in [0.15, 0.2) is 65.6 Å². The summed E-state index contributed by atoms with van der Waals surface area (Å²) in [6, 6.07) is 11.9. The van der Waals surface area contributed by atoms with Gasteiger partial charge in [-0.15, -0.1) is 0 Å². The lowest BCUT2D eigenvalue weighted by Crippen LogP contribution is -2.25. The van der Waals surface area contributed by atoms with Crippen molar-refractivity contribution in [1.29, 1.82) is 0 Å². The number of hydroxylamine groups is 1. The molecule has 0 saturated carbocycles. The molecule has 0 aromatic heterocycles. The molecular weight excluding hydrogens is 397 g/mol. The monoisotopic (exact) mass is 414 g/mol. The number of carbonyl (C=O) groups is 1. The number of benzene rings is 2. The summed E-state index contributed by atoms with van der Waals surface area (Å²) in [5, 5.41) is 2.28. The number of anilines is 1. The minimum absolute atomic E-state index is 0.106. The maximum atomic E-state index is 13.3. The Kier molecular flexibility index (Phi) is 6.60.